The quantitative estimate of drug-likeness (QED) is 0.674. The Hall–Kier alpha value is -3.20. The molecule has 0 atom stereocenters. The first kappa shape index (κ1) is 19.6. The highest BCUT2D eigenvalue weighted by atomic mass is 32.1. The van der Waals surface area contributed by atoms with E-state index in [0.29, 0.717) is 22.6 Å². The predicted molar refractivity (Wildman–Crippen MR) is 104 cm³/mol. The molecule has 3 aromatic rings. The number of aryl methyl sites for hydroxylation is 2. The van der Waals surface area contributed by atoms with E-state index >= 15 is 0 Å². The molecule has 3 heterocycles. The summed E-state index contributed by atoms with van der Waals surface area (Å²) >= 11 is 0.966. The molecule has 0 radical (unpaired) electrons. The van der Waals surface area contributed by atoms with Gasteiger partial charge in [-0.3, -0.25) is 9.20 Å². The average molecular weight is 401 g/mol. The fourth-order valence-electron chi connectivity index (χ4n) is 2.99. The summed E-state index contributed by atoms with van der Waals surface area (Å²) in [6.07, 6.45) is 1.75. The van der Waals surface area contributed by atoms with Crippen molar-refractivity contribution in [2.75, 3.05) is 19.5 Å². The van der Waals surface area contributed by atoms with Gasteiger partial charge in [0.1, 0.15) is 21.2 Å². The number of nitrogens with one attached hydrogen (secondary N) is 1. The molecule has 0 aliphatic rings. The molecule has 0 saturated heterocycles. The zero-order valence-electron chi connectivity index (χ0n) is 16.1. The number of hydrogen-bond acceptors (Lipinski definition) is 7. The Morgan fingerprint density at radius 3 is 2.43 bits per heavy atom. The number of nitrogens with zero attached hydrogens (tertiary/aromatic N) is 2. The molecule has 8 nitrogen and oxygen atoms in total. The number of esters is 2. The normalized spacial score (nSPS) is 10.8. The fraction of sp³-hybridized carbons (Fsp3) is 0.263. The third-order valence-corrected chi connectivity index (χ3v) is 5.56. The molecule has 0 aliphatic heterocycles. The maximum absolute atomic E-state index is 13.0. The van der Waals surface area contributed by atoms with Gasteiger partial charge in [-0.05, 0) is 38.0 Å². The van der Waals surface area contributed by atoms with Crippen molar-refractivity contribution < 1.29 is 23.9 Å². The second kappa shape index (κ2) is 7.43. The van der Waals surface area contributed by atoms with Crippen molar-refractivity contribution in [2.45, 2.75) is 20.8 Å². The molecule has 1 N–H and O–H groups in total. The van der Waals surface area contributed by atoms with Gasteiger partial charge >= 0.3 is 11.9 Å². The number of amides is 1. The van der Waals surface area contributed by atoms with Crippen LogP contribution in [0, 0.1) is 20.8 Å². The van der Waals surface area contributed by atoms with Crippen molar-refractivity contribution in [3.05, 3.63) is 51.3 Å². The number of carbonyl (C=O) groups is 3. The first-order valence-electron chi connectivity index (χ1n) is 8.35. The molecule has 3 aromatic heterocycles. The summed E-state index contributed by atoms with van der Waals surface area (Å²) in [5.74, 6) is -1.68. The highest BCUT2D eigenvalue weighted by molar-refractivity contribution is 7.18. The Morgan fingerprint density at radius 1 is 1.11 bits per heavy atom. The molecule has 1 amide bonds. The lowest BCUT2D eigenvalue weighted by Crippen LogP contribution is -2.17. The lowest BCUT2D eigenvalue weighted by molar-refractivity contribution is 0.0601. The number of rotatable bonds is 4. The van der Waals surface area contributed by atoms with Gasteiger partial charge in [0.05, 0.1) is 25.5 Å². The SMILES string of the molecule is COC(=O)c1sc(NC(=O)c2c(C)nc3c(C)cccn23)c(C(=O)OC)c1C. The van der Waals surface area contributed by atoms with Gasteiger partial charge in [-0.2, -0.15) is 0 Å². The lowest BCUT2D eigenvalue weighted by atomic mass is 10.1. The summed E-state index contributed by atoms with van der Waals surface area (Å²) in [7, 11) is 2.49. The summed E-state index contributed by atoms with van der Waals surface area (Å²) < 4.78 is 11.3. The number of pyridine rings is 1. The topological polar surface area (TPSA) is 99.0 Å². The number of methoxy groups -OCH3 is 2. The number of ether oxygens (including phenoxy) is 2. The Morgan fingerprint density at radius 2 is 1.79 bits per heavy atom. The third-order valence-electron chi connectivity index (χ3n) is 4.37. The second-order valence-electron chi connectivity index (χ2n) is 6.13. The Kier molecular flexibility index (Phi) is 5.19. The van der Waals surface area contributed by atoms with Crippen LogP contribution in [-0.2, 0) is 9.47 Å². The van der Waals surface area contributed by atoms with Crippen LogP contribution in [0.15, 0.2) is 18.3 Å². The Bertz CT molecular complexity index is 1110. The zero-order valence-corrected chi connectivity index (χ0v) is 16.9. The van der Waals surface area contributed by atoms with Gasteiger partial charge in [0.25, 0.3) is 5.91 Å². The average Bonchev–Trinajstić information content (AvgIpc) is 3.17. The minimum absolute atomic E-state index is 0.129. The lowest BCUT2D eigenvalue weighted by Gasteiger charge is -2.07. The van der Waals surface area contributed by atoms with Gasteiger partial charge in [0, 0.05) is 6.20 Å². The molecule has 0 bridgehead atoms. The molecule has 0 aliphatic carbocycles. The minimum atomic E-state index is -0.648. The van der Waals surface area contributed by atoms with E-state index in [4.69, 9.17) is 9.47 Å². The Labute approximate surface area is 165 Å². The van der Waals surface area contributed by atoms with E-state index in [2.05, 4.69) is 10.3 Å². The first-order chi connectivity index (χ1) is 13.3. The monoisotopic (exact) mass is 401 g/mol. The van der Waals surface area contributed by atoms with Crippen LogP contribution in [0.2, 0.25) is 0 Å². The van der Waals surface area contributed by atoms with Gasteiger partial charge in [0.15, 0.2) is 0 Å². The first-order valence-corrected chi connectivity index (χ1v) is 9.17. The number of aromatic nitrogens is 2. The van der Waals surface area contributed by atoms with Gasteiger partial charge in [-0.25, -0.2) is 14.6 Å². The van der Waals surface area contributed by atoms with E-state index in [1.165, 1.54) is 14.2 Å². The maximum Gasteiger partial charge on any atom is 0.348 e. The predicted octanol–water partition coefficient (Wildman–Crippen LogP) is 3.15. The van der Waals surface area contributed by atoms with Gasteiger partial charge < -0.3 is 14.8 Å². The van der Waals surface area contributed by atoms with Gasteiger partial charge in [-0.1, -0.05) is 6.07 Å². The highest BCUT2D eigenvalue weighted by Gasteiger charge is 2.28. The summed E-state index contributed by atoms with van der Waals surface area (Å²) in [4.78, 5) is 41.9. The highest BCUT2D eigenvalue weighted by Crippen LogP contribution is 2.34. The third kappa shape index (κ3) is 3.13. The Balaban J connectivity index is 2.08. The fourth-order valence-corrected chi connectivity index (χ4v) is 4.10. The molecule has 0 fully saturated rings. The molecule has 28 heavy (non-hydrogen) atoms. The summed E-state index contributed by atoms with van der Waals surface area (Å²) in [5, 5.41) is 2.95. The molecular formula is C19H19N3O5S. The molecule has 146 valence electrons. The van der Waals surface area contributed by atoms with Crippen LogP contribution < -0.4 is 5.32 Å². The summed E-state index contributed by atoms with van der Waals surface area (Å²) in [5.41, 5.74) is 3.03. The molecule has 0 aromatic carbocycles. The van der Waals surface area contributed by atoms with E-state index in [1.54, 1.807) is 24.4 Å². The number of carbonyl (C=O) groups excluding carboxylic acids is 3. The number of fused-ring (bicyclic) bond motifs is 1. The van der Waals surface area contributed by atoms with E-state index in [1.807, 2.05) is 19.1 Å². The van der Waals surface area contributed by atoms with Crippen LogP contribution in [0.1, 0.15) is 47.3 Å². The minimum Gasteiger partial charge on any atom is -0.465 e. The van der Waals surface area contributed by atoms with Crippen molar-refractivity contribution in [1.82, 2.24) is 9.38 Å². The number of anilines is 1. The second-order valence-corrected chi connectivity index (χ2v) is 7.15. The van der Waals surface area contributed by atoms with Crippen molar-refractivity contribution in [1.29, 1.82) is 0 Å². The molecule has 3 rings (SSSR count). The van der Waals surface area contributed by atoms with Crippen molar-refractivity contribution in [3.63, 3.8) is 0 Å². The molecule has 0 saturated carbocycles. The summed E-state index contributed by atoms with van der Waals surface area (Å²) in [6.45, 7) is 5.25. The number of hydrogen-bond donors (Lipinski definition) is 1. The van der Waals surface area contributed by atoms with E-state index in [0.717, 1.165) is 16.9 Å². The summed E-state index contributed by atoms with van der Waals surface area (Å²) in [6, 6.07) is 3.73. The van der Waals surface area contributed by atoms with Gasteiger partial charge in [-0.15, -0.1) is 11.3 Å². The van der Waals surface area contributed by atoms with E-state index in [-0.39, 0.29) is 15.4 Å². The molecular weight excluding hydrogens is 382 g/mol. The van der Waals surface area contributed by atoms with Crippen LogP contribution in [0.4, 0.5) is 5.00 Å². The number of thiophene rings is 1. The largest absolute Gasteiger partial charge is 0.465 e. The van der Waals surface area contributed by atoms with Crippen molar-refractivity contribution in [3.8, 4) is 0 Å². The zero-order chi connectivity index (χ0) is 20.6. The maximum atomic E-state index is 13.0. The van der Waals surface area contributed by atoms with Crippen LogP contribution in [0.5, 0.6) is 0 Å². The number of imidazole rings is 1. The molecule has 9 heteroatoms. The standard InChI is InChI=1S/C19H19N3O5S/c1-9-7-6-8-22-13(11(3)20-15(9)22)16(23)21-17-12(18(24)26-4)10(2)14(28-17)19(25)27-5/h6-8H,1-5H3,(H,21,23). The van der Waals surface area contributed by atoms with Crippen LogP contribution in [0.25, 0.3) is 5.65 Å². The van der Waals surface area contributed by atoms with Crippen LogP contribution in [-0.4, -0.2) is 41.5 Å². The van der Waals surface area contributed by atoms with Gasteiger partial charge in [0.2, 0.25) is 0 Å². The van der Waals surface area contributed by atoms with Crippen LogP contribution >= 0.6 is 11.3 Å². The molecule has 0 spiro atoms. The van der Waals surface area contributed by atoms with E-state index in [9.17, 15) is 14.4 Å². The van der Waals surface area contributed by atoms with Crippen molar-refractivity contribution >= 4 is 39.8 Å². The van der Waals surface area contributed by atoms with Crippen LogP contribution in [0.3, 0.4) is 0 Å². The van der Waals surface area contributed by atoms with Crippen molar-refractivity contribution in [2.24, 2.45) is 0 Å². The molecule has 0 unspecified atom stereocenters. The van der Waals surface area contributed by atoms with E-state index < -0.39 is 17.8 Å². The smallest absolute Gasteiger partial charge is 0.348 e.